The lowest BCUT2D eigenvalue weighted by atomic mass is 10.1. The molecule has 0 fully saturated rings. The van der Waals surface area contributed by atoms with Crippen LogP contribution in [-0.4, -0.2) is 6.41 Å². The van der Waals surface area contributed by atoms with Crippen LogP contribution in [0.15, 0.2) is 36.4 Å². The van der Waals surface area contributed by atoms with Crippen LogP contribution < -0.4 is 5.32 Å². The van der Waals surface area contributed by atoms with Crippen molar-refractivity contribution < 1.29 is 4.79 Å². The second-order valence-electron chi connectivity index (χ2n) is 2.90. The largest absolute Gasteiger partial charge is 0.328 e. The third-order valence-corrected chi connectivity index (χ3v) is 2.41. The predicted molar refractivity (Wildman–Crippen MR) is 58.6 cm³/mol. The van der Waals surface area contributed by atoms with E-state index in [4.69, 9.17) is 11.6 Å². The number of carbonyl (C=O) groups is 1. The van der Waals surface area contributed by atoms with E-state index in [9.17, 15) is 4.79 Å². The minimum absolute atomic E-state index is 0.662. The number of rotatable bonds is 2. The molecule has 0 saturated heterocycles. The monoisotopic (exact) mass is 205 g/mol. The zero-order valence-corrected chi connectivity index (χ0v) is 8.08. The topological polar surface area (TPSA) is 29.1 Å². The van der Waals surface area contributed by atoms with Gasteiger partial charge >= 0.3 is 0 Å². The molecular formula is C11H8ClNO. The molecule has 0 aromatic heterocycles. The van der Waals surface area contributed by atoms with Crippen molar-refractivity contribution in [3.8, 4) is 0 Å². The fraction of sp³-hybridized carbons (Fsp3) is 0. The van der Waals surface area contributed by atoms with Gasteiger partial charge in [-0.2, -0.15) is 0 Å². The number of anilines is 1. The Morgan fingerprint density at radius 3 is 2.50 bits per heavy atom. The zero-order chi connectivity index (χ0) is 9.97. The number of hydrogen-bond acceptors (Lipinski definition) is 1. The molecule has 0 aliphatic rings. The van der Waals surface area contributed by atoms with Crippen molar-refractivity contribution in [2.75, 3.05) is 5.32 Å². The van der Waals surface area contributed by atoms with Crippen molar-refractivity contribution in [1.29, 1.82) is 0 Å². The predicted octanol–water partition coefficient (Wildman–Crippen LogP) is 3.06. The van der Waals surface area contributed by atoms with Crippen LogP contribution in [0.1, 0.15) is 0 Å². The maximum atomic E-state index is 10.4. The highest BCUT2D eigenvalue weighted by Gasteiger charge is 2.02. The molecule has 0 aliphatic heterocycles. The highest BCUT2D eigenvalue weighted by atomic mass is 35.5. The van der Waals surface area contributed by atoms with E-state index in [1.54, 1.807) is 12.1 Å². The summed E-state index contributed by atoms with van der Waals surface area (Å²) in [5, 5.41) is 5.23. The molecule has 2 aromatic carbocycles. The fourth-order valence-electron chi connectivity index (χ4n) is 1.45. The van der Waals surface area contributed by atoms with E-state index < -0.39 is 0 Å². The summed E-state index contributed by atoms with van der Waals surface area (Å²) in [6.45, 7) is 0. The van der Waals surface area contributed by atoms with E-state index in [0.29, 0.717) is 11.4 Å². The summed E-state index contributed by atoms with van der Waals surface area (Å²) in [6.07, 6.45) is 0.662. The van der Waals surface area contributed by atoms with Crippen LogP contribution >= 0.6 is 11.6 Å². The third kappa shape index (κ3) is 1.44. The van der Waals surface area contributed by atoms with Crippen molar-refractivity contribution in [1.82, 2.24) is 0 Å². The zero-order valence-electron chi connectivity index (χ0n) is 7.33. The van der Waals surface area contributed by atoms with Crippen LogP contribution in [0.2, 0.25) is 5.02 Å². The summed E-state index contributed by atoms with van der Waals surface area (Å²) in [5.41, 5.74) is 0.778. The number of nitrogens with one attached hydrogen (secondary N) is 1. The molecule has 2 nitrogen and oxygen atoms in total. The van der Waals surface area contributed by atoms with Gasteiger partial charge in [0.1, 0.15) is 0 Å². The van der Waals surface area contributed by atoms with Crippen molar-refractivity contribution >= 4 is 34.5 Å². The molecule has 0 spiro atoms. The highest BCUT2D eigenvalue weighted by Crippen LogP contribution is 2.29. The lowest BCUT2D eigenvalue weighted by molar-refractivity contribution is -0.105. The molecule has 1 amide bonds. The van der Waals surface area contributed by atoms with Gasteiger partial charge in [0.15, 0.2) is 0 Å². The van der Waals surface area contributed by atoms with Crippen molar-refractivity contribution in [3.05, 3.63) is 41.4 Å². The smallest absolute Gasteiger partial charge is 0.211 e. The van der Waals surface area contributed by atoms with Crippen LogP contribution in [-0.2, 0) is 4.79 Å². The van der Waals surface area contributed by atoms with Gasteiger partial charge < -0.3 is 5.32 Å². The van der Waals surface area contributed by atoms with Gasteiger partial charge in [-0.05, 0) is 12.1 Å². The molecule has 3 heteroatoms. The Hall–Kier alpha value is -1.54. The quantitative estimate of drug-likeness (QED) is 0.751. The average molecular weight is 206 g/mol. The summed E-state index contributed by atoms with van der Waals surface area (Å²) in [4.78, 5) is 10.4. The van der Waals surface area contributed by atoms with Crippen LogP contribution in [0.5, 0.6) is 0 Å². The first kappa shape index (κ1) is 9.03. The maximum absolute atomic E-state index is 10.4. The molecular weight excluding hydrogens is 198 g/mol. The minimum Gasteiger partial charge on any atom is -0.328 e. The third-order valence-electron chi connectivity index (χ3n) is 2.09. The van der Waals surface area contributed by atoms with Crippen molar-refractivity contribution in [3.63, 3.8) is 0 Å². The molecule has 2 rings (SSSR count). The maximum Gasteiger partial charge on any atom is 0.211 e. The lowest BCUT2D eigenvalue weighted by Crippen LogP contribution is -1.94. The molecule has 0 saturated carbocycles. The Morgan fingerprint density at radius 2 is 1.79 bits per heavy atom. The number of amides is 1. The normalized spacial score (nSPS) is 10.1. The van der Waals surface area contributed by atoms with E-state index >= 15 is 0 Å². The number of hydrogen-bond donors (Lipinski definition) is 1. The Kier molecular flexibility index (Phi) is 2.37. The SMILES string of the molecule is O=CNc1ccc(Cl)c2ccccc12. The van der Waals surface area contributed by atoms with Crippen molar-refractivity contribution in [2.45, 2.75) is 0 Å². The summed E-state index contributed by atoms with van der Waals surface area (Å²) in [6, 6.07) is 11.2. The Labute approximate surface area is 86.5 Å². The first-order valence-electron chi connectivity index (χ1n) is 4.20. The van der Waals surface area contributed by atoms with E-state index in [2.05, 4.69) is 5.32 Å². The molecule has 0 atom stereocenters. The Balaban J connectivity index is 2.74. The first-order chi connectivity index (χ1) is 6.83. The number of fused-ring (bicyclic) bond motifs is 1. The molecule has 0 aliphatic carbocycles. The molecule has 0 bridgehead atoms. The van der Waals surface area contributed by atoms with Crippen molar-refractivity contribution in [2.24, 2.45) is 0 Å². The lowest BCUT2D eigenvalue weighted by Gasteiger charge is -2.05. The second kappa shape index (κ2) is 3.68. The van der Waals surface area contributed by atoms with Gasteiger partial charge in [0.2, 0.25) is 6.41 Å². The highest BCUT2D eigenvalue weighted by molar-refractivity contribution is 6.36. The van der Waals surface area contributed by atoms with Gasteiger partial charge in [0.05, 0.1) is 0 Å². The first-order valence-corrected chi connectivity index (χ1v) is 4.58. The van der Waals surface area contributed by atoms with E-state index in [-0.39, 0.29) is 0 Å². The number of halogens is 1. The van der Waals surface area contributed by atoms with Gasteiger partial charge in [0, 0.05) is 21.5 Å². The van der Waals surface area contributed by atoms with Gasteiger partial charge in [-0.3, -0.25) is 4.79 Å². The van der Waals surface area contributed by atoms with Crippen LogP contribution in [0.3, 0.4) is 0 Å². The second-order valence-corrected chi connectivity index (χ2v) is 3.31. The van der Waals surface area contributed by atoms with Crippen LogP contribution in [0, 0.1) is 0 Å². The molecule has 70 valence electrons. The Morgan fingerprint density at radius 1 is 1.07 bits per heavy atom. The number of carbonyl (C=O) groups excluding carboxylic acids is 1. The number of benzene rings is 2. The van der Waals surface area contributed by atoms with Gasteiger partial charge in [-0.1, -0.05) is 35.9 Å². The van der Waals surface area contributed by atoms with Crippen LogP contribution in [0.4, 0.5) is 5.69 Å². The van der Waals surface area contributed by atoms with Gasteiger partial charge in [-0.25, -0.2) is 0 Å². The molecule has 0 unspecified atom stereocenters. The summed E-state index contributed by atoms with van der Waals surface area (Å²) in [5.74, 6) is 0. The molecule has 0 heterocycles. The molecule has 0 radical (unpaired) electrons. The van der Waals surface area contributed by atoms with Gasteiger partial charge in [0.25, 0.3) is 0 Å². The summed E-state index contributed by atoms with van der Waals surface area (Å²) in [7, 11) is 0. The standard InChI is InChI=1S/C11H8ClNO/c12-10-5-6-11(13-7-14)9-4-2-1-3-8(9)10/h1-7H,(H,13,14). The minimum atomic E-state index is 0.662. The van der Waals surface area contributed by atoms with Crippen LogP contribution in [0.25, 0.3) is 10.8 Å². The summed E-state index contributed by atoms with van der Waals surface area (Å²) >= 11 is 6.01. The van der Waals surface area contributed by atoms with Gasteiger partial charge in [-0.15, -0.1) is 0 Å². The molecule has 14 heavy (non-hydrogen) atoms. The van der Waals surface area contributed by atoms with E-state index in [1.807, 2.05) is 24.3 Å². The fourth-order valence-corrected chi connectivity index (χ4v) is 1.68. The van der Waals surface area contributed by atoms with E-state index in [0.717, 1.165) is 16.5 Å². The summed E-state index contributed by atoms with van der Waals surface area (Å²) < 4.78 is 0. The average Bonchev–Trinajstić information content (AvgIpc) is 2.23. The Bertz CT molecular complexity index is 482. The molecule has 1 N–H and O–H groups in total. The van der Waals surface area contributed by atoms with E-state index in [1.165, 1.54) is 0 Å². The molecule has 2 aromatic rings.